The fraction of sp³-hybridized carbons (Fsp3) is 0.250. The normalized spacial score (nSPS) is 14.1. The number of amides is 1. The maximum absolute atomic E-state index is 13.8. The van der Waals surface area contributed by atoms with Crippen molar-refractivity contribution in [1.29, 1.82) is 0 Å². The smallest absolute Gasteiger partial charge is 0.257 e. The van der Waals surface area contributed by atoms with Gasteiger partial charge in [-0.2, -0.15) is 0 Å². The largest absolute Gasteiger partial charge is 0.330 e. The molecule has 0 spiro atoms. The molecule has 3 rings (SSSR count). The van der Waals surface area contributed by atoms with Crippen LogP contribution in [-0.4, -0.2) is 21.8 Å². The molecule has 1 aromatic carbocycles. The minimum Gasteiger partial charge on any atom is -0.330 e. The molecule has 1 amide bonds. The van der Waals surface area contributed by atoms with E-state index in [1.807, 2.05) is 18.2 Å². The Hall–Kier alpha value is -2.23. The zero-order valence-electron chi connectivity index (χ0n) is 11.0. The second-order valence-electron chi connectivity index (χ2n) is 4.97. The highest BCUT2D eigenvalue weighted by Gasteiger charge is 2.34. The van der Waals surface area contributed by atoms with Crippen LogP contribution >= 0.6 is 0 Å². The van der Waals surface area contributed by atoms with E-state index in [-0.39, 0.29) is 17.5 Å². The van der Waals surface area contributed by atoms with Gasteiger partial charge in [-0.3, -0.25) is 9.78 Å². The molecule has 1 aliphatic rings. The van der Waals surface area contributed by atoms with Gasteiger partial charge in [0.05, 0.1) is 17.8 Å². The minimum atomic E-state index is -0.468. The molecule has 1 aliphatic carbocycles. The molecule has 1 heterocycles. The van der Waals surface area contributed by atoms with Crippen molar-refractivity contribution < 1.29 is 9.18 Å². The van der Waals surface area contributed by atoms with Crippen molar-refractivity contribution in [2.75, 3.05) is 0 Å². The highest BCUT2D eigenvalue weighted by atomic mass is 19.1. The van der Waals surface area contributed by atoms with Crippen molar-refractivity contribution in [3.63, 3.8) is 0 Å². The van der Waals surface area contributed by atoms with Gasteiger partial charge in [0.15, 0.2) is 0 Å². The molecule has 0 radical (unpaired) electrons. The molecule has 0 atom stereocenters. The molecule has 102 valence electrons. The Labute approximate surface area is 117 Å². The van der Waals surface area contributed by atoms with Crippen molar-refractivity contribution in [3.05, 3.63) is 65.7 Å². The lowest BCUT2D eigenvalue weighted by Crippen LogP contribution is -2.33. The summed E-state index contributed by atoms with van der Waals surface area (Å²) >= 11 is 0. The van der Waals surface area contributed by atoms with Gasteiger partial charge in [-0.05, 0) is 37.1 Å². The number of pyridine rings is 1. The molecule has 1 aromatic heterocycles. The average Bonchev–Trinajstić information content (AvgIpc) is 3.30. The summed E-state index contributed by atoms with van der Waals surface area (Å²) in [6, 6.07) is 11.9. The third-order valence-corrected chi connectivity index (χ3v) is 3.41. The minimum absolute atomic E-state index is 0.135. The lowest BCUT2D eigenvalue weighted by molar-refractivity contribution is 0.0723. The molecular weight excluding hydrogens is 255 g/mol. The summed E-state index contributed by atoms with van der Waals surface area (Å²) in [5.41, 5.74) is 0.958. The lowest BCUT2D eigenvalue weighted by Gasteiger charge is -2.22. The predicted octanol–water partition coefficient (Wildman–Crippen LogP) is 3.03. The van der Waals surface area contributed by atoms with E-state index in [0.717, 1.165) is 18.5 Å². The molecule has 0 unspecified atom stereocenters. The van der Waals surface area contributed by atoms with Crippen LogP contribution < -0.4 is 0 Å². The zero-order chi connectivity index (χ0) is 13.9. The van der Waals surface area contributed by atoms with Crippen LogP contribution in [0.5, 0.6) is 0 Å². The van der Waals surface area contributed by atoms with E-state index in [2.05, 4.69) is 4.98 Å². The van der Waals surface area contributed by atoms with E-state index in [4.69, 9.17) is 0 Å². The van der Waals surface area contributed by atoms with E-state index >= 15 is 0 Å². The maximum Gasteiger partial charge on any atom is 0.257 e. The monoisotopic (exact) mass is 270 g/mol. The number of nitrogens with zero attached hydrogens (tertiary/aromatic N) is 2. The molecule has 0 aliphatic heterocycles. The Kier molecular flexibility index (Phi) is 3.46. The van der Waals surface area contributed by atoms with Gasteiger partial charge in [-0.15, -0.1) is 0 Å². The first-order valence-electron chi connectivity index (χ1n) is 6.71. The van der Waals surface area contributed by atoms with Crippen LogP contribution in [0.25, 0.3) is 0 Å². The van der Waals surface area contributed by atoms with Crippen molar-refractivity contribution in [2.24, 2.45) is 0 Å². The highest BCUT2D eigenvalue weighted by Crippen LogP contribution is 2.29. The van der Waals surface area contributed by atoms with Gasteiger partial charge in [0.25, 0.3) is 5.91 Å². The van der Waals surface area contributed by atoms with E-state index < -0.39 is 5.82 Å². The van der Waals surface area contributed by atoms with Crippen LogP contribution in [-0.2, 0) is 6.54 Å². The number of rotatable bonds is 4. The van der Waals surface area contributed by atoms with Crippen molar-refractivity contribution in [2.45, 2.75) is 25.4 Å². The second kappa shape index (κ2) is 5.41. The number of carbonyl (C=O) groups is 1. The zero-order valence-corrected chi connectivity index (χ0v) is 11.0. The summed E-state index contributed by atoms with van der Waals surface area (Å²) in [6.45, 7) is 0.429. The van der Waals surface area contributed by atoms with E-state index in [9.17, 15) is 9.18 Å². The highest BCUT2D eigenvalue weighted by molar-refractivity contribution is 5.94. The number of hydrogen-bond acceptors (Lipinski definition) is 2. The second-order valence-corrected chi connectivity index (χ2v) is 4.97. The van der Waals surface area contributed by atoms with Gasteiger partial charge in [-0.1, -0.05) is 18.2 Å². The molecule has 0 bridgehead atoms. The molecule has 0 saturated heterocycles. The van der Waals surface area contributed by atoms with Crippen LogP contribution in [0.4, 0.5) is 4.39 Å². The van der Waals surface area contributed by atoms with Crippen LogP contribution in [0.2, 0.25) is 0 Å². The van der Waals surface area contributed by atoms with Gasteiger partial charge in [0.2, 0.25) is 0 Å². The number of aromatic nitrogens is 1. The van der Waals surface area contributed by atoms with Crippen LogP contribution in [0.3, 0.4) is 0 Å². The van der Waals surface area contributed by atoms with Gasteiger partial charge < -0.3 is 4.90 Å². The van der Waals surface area contributed by atoms with E-state index in [1.54, 1.807) is 23.2 Å². The number of carbonyl (C=O) groups excluding carboxylic acids is 1. The SMILES string of the molecule is O=C(c1ccccc1F)N(Cc1ccccn1)C1CC1. The summed E-state index contributed by atoms with van der Waals surface area (Å²) in [4.78, 5) is 18.5. The fourth-order valence-corrected chi connectivity index (χ4v) is 2.21. The molecule has 20 heavy (non-hydrogen) atoms. The Bertz CT molecular complexity index is 611. The number of benzene rings is 1. The maximum atomic E-state index is 13.8. The predicted molar refractivity (Wildman–Crippen MR) is 73.5 cm³/mol. The summed E-state index contributed by atoms with van der Waals surface area (Å²) < 4.78 is 13.8. The Balaban J connectivity index is 1.84. The first kappa shape index (κ1) is 12.8. The van der Waals surface area contributed by atoms with Crippen molar-refractivity contribution in [3.8, 4) is 0 Å². The molecular formula is C16H15FN2O. The van der Waals surface area contributed by atoms with E-state index in [1.165, 1.54) is 12.1 Å². The average molecular weight is 270 g/mol. The Morgan fingerprint density at radius 1 is 1.20 bits per heavy atom. The van der Waals surface area contributed by atoms with Gasteiger partial charge in [0.1, 0.15) is 5.82 Å². The third kappa shape index (κ3) is 2.69. The van der Waals surface area contributed by atoms with E-state index in [0.29, 0.717) is 6.54 Å². The Morgan fingerprint density at radius 2 is 1.95 bits per heavy atom. The topological polar surface area (TPSA) is 33.2 Å². The molecule has 0 N–H and O–H groups in total. The Morgan fingerprint density at radius 3 is 2.60 bits per heavy atom. The van der Waals surface area contributed by atoms with Crippen LogP contribution in [0, 0.1) is 5.82 Å². The van der Waals surface area contributed by atoms with Gasteiger partial charge in [-0.25, -0.2) is 4.39 Å². The number of halogens is 1. The van der Waals surface area contributed by atoms with Crippen LogP contribution in [0.15, 0.2) is 48.7 Å². The summed E-state index contributed by atoms with van der Waals surface area (Å²) in [5.74, 6) is -0.722. The summed E-state index contributed by atoms with van der Waals surface area (Å²) in [6.07, 6.45) is 3.66. The molecule has 2 aromatic rings. The summed E-state index contributed by atoms with van der Waals surface area (Å²) in [7, 11) is 0. The van der Waals surface area contributed by atoms with Gasteiger partial charge in [0, 0.05) is 12.2 Å². The lowest BCUT2D eigenvalue weighted by atomic mass is 10.1. The van der Waals surface area contributed by atoms with Crippen molar-refractivity contribution >= 4 is 5.91 Å². The summed E-state index contributed by atoms with van der Waals surface area (Å²) in [5, 5.41) is 0. The van der Waals surface area contributed by atoms with Crippen LogP contribution in [0.1, 0.15) is 28.9 Å². The fourth-order valence-electron chi connectivity index (χ4n) is 2.21. The van der Waals surface area contributed by atoms with Crippen molar-refractivity contribution in [1.82, 2.24) is 9.88 Å². The standard InChI is InChI=1S/C16H15FN2O/c17-15-7-2-1-6-14(15)16(20)19(13-8-9-13)11-12-5-3-4-10-18-12/h1-7,10,13H,8-9,11H2. The van der Waals surface area contributed by atoms with Gasteiger partial charge >= 0.3 is 0 Å². The quantitative estimate of drug-likeness (QED) is 0.855. The first-order valence-corrected chi connectivity index (χ1v) is 6.71. The molecule has 3 nitrogen and oxygen atoms in total. The third-order valence-electron chi connectivity index (χ3n) is 3.41. The molecule has 1 fully saturated rings. The number of hydrogen-bond donors (Lipinski definition) is 0. The first-order chi connectivity index (χ1) is 9.75. The molecule has 1 saturated carbocycles. The molecule has 4 heteroatoms.